The zero-order valence-electron chi connectivity index (χ0n) is 14.0. The first-order valence-electron chi connectivity index (χ1n) is 9.27. The fourth-order valence-corrected chi connectivity index (χ4v) is 6.87. The lowest BCUT2D eigenvalue weighted by Crippen LogP contribution is -2.59. The summed E-state index contributed by atoms with van der Waals surface area (Å²) in [5.74, 6) is 1.33. The maximum Gasteiger partial charge on any atom is 0.139 e. The van der Waals surface area contributed by atoms with Gasteiger partial charge >= 0.3 is 0 Å². The summed E-state index contributed by atoms with van der Waals surface area (Å²) in [5.41, 5.74) is -0.578. The smallest absolute Gasteiger partial charge is 0.139 e. The van der Waals surface area contributed by atoms with E-state index in [-0.39, 0.29) is 35.1 Å². The molecule has 4 aliphatic rings. The lowest BCUT2D eigenvalue weighted by Gasteiger charge is -2.59. The third-order valence-electron chi connectivity index (χ3n) is 8.15. The molecule has 0 amide bonds. The summed E-state index contributed by atoms with van der Waals surface area (Å²) >= 11 is 0. The molecule has 0 unspecified atom stereocenters. The number of rotatable bonds is 1. The van der Waals surface area contributed by atoms with Crippen molar-refractivity contribution >= 4 is 11.6 Å². The number of hydrogen-bond acceptors (Lipinski definition) is 4. The molecule has 4 rings (SSSR count). The van der Waals surface area contributed by atoms with E-state index in [9.17, 15) is 19.8 Å². The zero-order valence-corrected chi connectivity index (χ0v) is 14.0. The normalized spacial score (nSPS) is 52.7. The van der Waals surface area contributed by atoms with Crippen molar-refractivity contribution in [3.05, 3.63) is 0 Å². The Bertz CT molecular complexity index is 543. The summed E-state index contributed by atoms with van der Waals surface area (Å²) in [5, 5.41) is 20.3. The van der Waals surface area contributed by atoms with Crippen LogP contribution in [-0.4, -0.2) is 34.5 Å². The van der Waals surface area contributed by atoms with Gasteiger partial charge in [0.05, 0.1) is 6.10 Å². The first-order chi connectivity index (χ1) is 10.9. The van der Waals surface area contributed by atoms with Gasteiger partial charge in [-0.1, -0.05) is 6.92 Å². The van der Waals surface area contributed by atoms with Crippen molar-refractivity contribution in [2.45, 2.75) is 64.4 Å². The quantitative estimate of drug-likeness (QED) is 0.776. The molecule has 4 fully saturated rings. The lowest BCUT2D eigenvalue weighted by molar-refractivity contribution is -0.171. The summed E-state index contributed by atoms with van der Waals surface area (Å²) in [4.78, 5) is 25.3. The van der Waals surface area contributed by atoms with Crippen LogP contribution in [0.25, 0.3) is 0 Å². The average molecular weight is 320 g/mol. The molecule has 7 atom stereocenters. The first kappa shape index (κ1) is 15.8. The Morgan fingerprint density at radius 2 is 1.91 bits per heavy atom. The molecule has 0 aliphatic heterocycles. The van der Waals surface area contributed by atoms with Crippen molar-refractivity contribution in [3.63, 3.8) is 0 Å². The molecule has 0 heterocycles. The van der Waals surface area contributed by atoms with Crippen molar-refractivity contribution in [1.82, 2.24) is 0 Å². The van der Waals surface area contributed by atoms with Gasteiger partial charge in [0.1, 0.15) is 11.6 Å². The predicted molar refractivity (Wildman–Crippen MR) is 84.5 cm³/mol. The van der Waals surface area contributed by atoms with Gasteiger partial charge < -0.3 is 10.2 Å². The van der Waals surface area contributed by atoms with Crippen LogP contribution in [0.15, 0.2) is 0 Å². The highest BCUT2D eigenvalue weighted by molar-refractivity contribution is 5.88. The van der Waals surface area contributed by atoms with E-state index in [2.05, 4.69) is 6.92 Å². The highest BCUT2D eigenvalue weighted by Gasteiger charge is 2.63. The number of aliphatic hydroxyl groups excluding tert-OH is 2. The number of fused-ring (bicyclic) bond motifs is 5. The van der Waals surface area contributed by atoms with Crippen molar-refractivity contribution in [2.75, 3.05) is 6.61 Å². The minimum Gasteiger partial charge on any atom is -0.396 e. The van der Waals surface area contributed by atoms with Gasteiger partial charge in [-0.25, -0.2) is 0 Å². The van der Waals surface area contributed by atoms with Crippen molar-refractivity contribution in [3.8, 4) is 0 Å². The van der Waals surface area contributed by atoms with Crippen LogP contribution in [0.1, 0.15) is 58.3 Å². The largest absolute Gasteiger partial charge is 0.396 e. The lowest BCUT2D eigenvalue weighted by atomic mass is 9.44. The van der Waals surface area contributed by atoms with Crippen LogP contribution in [0.5, 0.6) is 0 Å². The maximum atomic E-state index is 12.9. The molecule has 4 saturated carbocycles. The van der Waals surface area contributed by atoms with Crippen molar-refractivity contribution < 1.29 is 19.8 Å². The second-order valence-electron chi connectivity index (χ2n) is 8.84. The minimum absolute atomic E-state index is 0.0503. The Kier molecular flexibility index (Phi) is 3.51. The van der Waals surface area contributed by atoms with E-state index in [1.807, 2.05) is 0 Å². The SMILES string of the molecule is C[C@]12CC[C@H]3[C@@H](CC(=O)[C@H]4C[C@@H](O)CC[C@@]43CO)[C@@H]1CCC2=O. The molecular weight excluding hydrogens is 292 g/mol. The zero-order chi connectivity index (χ0) is 16.4. The molecule has 0 saturated heterocycles. The first-order valence-corrected chi connectivity index (χ1v) is 9.27. The van der Waals surface area contributed by atoms with Crippen LogP contribution in [0.4, 0.5) is 0 Å². The fourth-order valence-electron chi connectivity index (χ4n) is 6.87. The monoisotopic (exact) mass is 320 g/mol. The van der Waals surface area contributed by atoms with E-state index in [0.717, 1.165) is 25.7 Å². The van der Waals surface area contributed by atoms with E-state index in [1.54, 1.807) is 0 Å². The van der Waals surface area contributed by atoms with Crippen LogP contribution in [0, 0.1) is 34.5 Å². The summed E-state index contributed by atoms with van der Waals surface area (Å²) in [6.07, 6.45) is 5.54. The second kappa shape index (κ2) is 5.13. The third-order valence-corrected chi connectivity index (χ3v) is 8.15. The van der Waals surface area contributed by atoms with E-state index >= 15 is 0 Å². The van der Waals surface area contributed by atoms with Crippen LogP contribution in [0.2, 0.25) is 0 Å². The van der Waals surface area contributed by atoms with Crippen LogP contribution < -0.4 is 0 Å². The number of hydrogen-bond donors (Lipinski definition) is 2. The molecular formula is C19H28O4. The van der Waals surface area contributed by atoms with Crippen molar-refractivity contribution in [2.24, 2.45) is 34.5 Å². The minimum atomic E-state index is -0.401. The van der Waals surface area contributed by atoms with Crippen LogP contribution >= 0.6 is 0 Å². The van der Waals surface area contributed by atoms with Gasteiger partial charge in [-0.3, -0.25) is 9.59 Å². The number of ketones is 2. The van der Waals surface area contributed by atoms with Gasteiger partial charge in [0.2, 0.25) is 0 Å². The molecule has 4 aliphatic carbocycles. The molecule has 0 aromatic carbocycles. The van der Waals surface area contributed by atoms with Crippen LogP contribution in [-0.2, 0) is 9.59 Å². The molecule has 0 aromatic heterocycles. The Morgan fingerprint density at radius 1 is 1.13 bits per heavy atom. The average Bonchev–Trinajstić information content (AvgIpc) is 2.84. The highest BCUT2D eigenvalue weighted by Crippen LogP contribution is 2.64. The summed E-state index contributed by atoms with van der Waals surface area (Å²) in [6, 6.07) is 0. The third kappa shape index (κ3) is 1.97. The Morgan fingerprint density at radius 3 is 2.65 bits per heavy atom. The van der Waals surface area contributed by atoms with Crippen molar-refractivity contribution in [1.29, 1.82) is 0 Å². The molecule has 0 bridgehead atoms. The predicted octanol–water partition coefficient (Wildman–Crippen LogP) is 2.11. The Hall–Kier alpha value is -0.740. The van der Waals surface area contributed by atoms with E-state index in [1.165, 1.54) is 0 Å². The molecule has 23 heavy (non-hydrogen) atoms. The molecule has 128 valence electrons. The summed E-state index contributed by atoms with van der Waals surface area (Å²) < 4.78 is 0. The summed E-state index contributed by atoms with van der Waals surface area (Å²) in [6.45, 7) is 2.16. The molecule has 0 aromatic rings. The number of aliphatic hydroxyl groups is 2. The fraction of sp³-hybridized carbons (Fsp3) is 0.895. The maximum absolute atomic E-state index is 12.9. The van der Waals surface area contributed by atoms with Crippen LogP contribution in [0.3, 0.4) is 0 Å². The van der Waals surface area contributed by atoms with Gasteiger partial charge in [0, 0.05) is 36.2 Å². The highest BCUT2D eigenvalue weighted by atomic mass is 16.3. The Labute approximate surface area is 137 Å². The van der Waals surface area contributed by atoms with Gasteiger partial charge in [0.25, 0.3) is 0 Å². The van der Waals surface area contributed by atoms with E-state index in [0.29, 0.717) is 43.3 Å². The van der Waals surface area contributed by atoms with Gasteiger partial charge in [-0.05, 0) is 56.3 Å². The van der Waals surface area contributed by atoms with Gasteiger partial charge in [-0.15, -0.1) is 0 Å². The van der Waals surface area contributed by atoms with E-state index < -0.39 is 6.10 Å². The van der Waals surface area contributed by atoms with E-state index in [4.69, 9.17) is 0 Å². The topological polar surface area (TPSA) is 74.6 Å². The number of Topliss-reactive ketones (excluding diaryl/α,β-unsaturated/α-hetero) is 2. The molecule has 4 nitrogen and oxygen atoms in total. The molecule has 4 heteroatoms. The van der Waals surface area contributed by atoms with Gasteiger partial charge in [-0.2, -0.15) is 0 Å². The molecule has 2 N–H and O–H groups in total. The number of carbonyl (C=O) groups is 2. The molecule has 0 radical (unpaired) electrons. The Balaban J connectivity index is 1.72. The number of carbonyl (C=O) groups excluding carboxylic acids is 2. The molecule has 0 spiro atoms. The standard InChI is InChI=1S/C19H28O4/c1-18-6-5-14-12(13(18)2-3-17(18)23)9-16(22)15-8-11(21)4-7-19(14,15)10-20/h11-15,20-21H,2-10H2,1H3/t11-,12-,13-,14-,15+,18-,19-/m0/s1. The van der Waals surface area contributed by atoms with Gasteiger partial charge in [0.15, 0.2) is 0 Å². The second-order valence-corrected chi connectivity index (χ2v) is 8.84. The summed E-state index contributed by atoms with van der Waals surface area (Å²) in [7, 11) is 0.